The molecule has 1 heterocycles. The fourth-order valence-electron chi connectivity index (χ4n) is 2.43. The van der Waals surface area contributed by atoms with Crippen molar-refractivity contribution < 1.29 is 13.2 Å². The molecule has 0 aliphatic carbocycles. The van der Waals surface area contributed by atoms with Crippen molar-refractivity contribution in [1.29, 1.82) is 0 Å². The van der Waals surface area contributed by atoms with Crippen LogP contribution in [-0.4, -0.2) is 9.97 Å². The Bertz CT molecular complexity index is 953. The highest BCUT2D eigenvalue weighted by atomic mass is 19.4. The van der Waals surface area contributed by atoms with E-state index in [0.29, 0.717) is 17.3 Å². The van der Waals surface area contributed by atoms with Crippen LogP contribution in [0.3, 0.4) is 0 Å². The van der Waals surface area contributed by atoms with Crippen molar-refractivity contribution in [3.63, 3.8) is 0 Å². The van der Waals surface area contributed by atoms with Gasteiger partial charge in [0.15, 0.2) is 11.6 Å². The van der Waals surface area contributed by atoms with Gasteiger partial charge in [-0.3, -0.25) is 0 Å². The van der Waals surface area contributed by atoms with Gasteiger partial charge in [-0.1, -0.05) is 6.07 Å². The molecule has 1 aromatic heterocycles. The number of alkyl halides is 3. The van der Waals surface area contributed by atoms with Gasteiger partial charge in [-0.05, 0) is 61.4 Å². The lowest BCUT2D eigenvalue weighted by atomic mass is 10.1. The minimum atomic E-state index is -4.38. The lowest BCUT2D eigenvalue weighted by Crippen LogP contribution is -2.06. The van der Waals surface area contributed by atoms with Crippen molar-refractivity contribution in [2.45, 2.75) is 20.0 Å². The lowest BCUT2D eigenvalue weighted by Gasteiger charge is -2.14. The molecule has 0 aliphatic heterocycles. The third kappa shape index (κ3) is 4.28. The number of hydrogen-bond acceptors (Lipinski definition) is 5. The Morgan fingerprint density at radius 1 is 0.815 bits per heavy atom. The Kier molecular flexibility index (Phi) is 4.89. The van der Waals surface area contributed by atoms with Gasteiger partial charge in [-0.25, -0.2) is 9.97 Å². The maximum absolute atomic E-state index is 12.7. The normalized spacial score (nSPS) is 11.3. The predicted molar refractivity (Wildman–Crippen MR) is 100 cm³/mol. The summed E-state index contributed by atoms with van der Waals surface area (Å²) >= 11 is 0. The van der Waals surface area contributed by atoms with Gasteiger partial charge < -0.3 is 16.4 Å². The molecule has 0 aliphatic rings. The highest BCUT2D eigenvalue weighted by Gasteiger charge is 2.29. The summed E-state index contributed by atoms with van der Waals surface area (Å²) in [6.07, 6.45) is -3.05. The van der Waals surface area contributed by atoms with Gasteiger partial charge in [0.25, 0.3) is 0 Å². The first-order valence-electron chi connectivity index (χ1n) is 8.13. The maximum Gasteiger partial charge on any atom is 0.416 e. The van der Waals surface area contributed by atoms with E-state index in [1.54, 1.807) is 0 Å². The molecule has 0 amide bonds. The van der Waals surface area contributed by atoms with E-state index in [1.807, 2.05) is 32.0 Å². The monoisotopic (exact) mass is 373 g/mol. The SMILES string of the molecule is Cc1ccc(Nc2ncnc(Nc3ccc(C(F)(F)F)cc3)c2N)cc1C. The second kappa shape index (κ2) is 7.14. The molecule has 4 N–H and O–H groups in total. The van der Waals surface area contributed by atoms with E-state index in [9.17, 15) is 13.2 Å². The summed E-state index contributed by atoms with van der Waals surface area (Å²) in [5.41, 5.74) is 9.20. The standard InChI is InChI=1S/C19H18F3N5/c1-11-3-6-15(9-12(11)2)27-18-16(23)17(24-10-25-18)26-14-7-4-13(5-8-14)19(20,21)22/h3-10H,23H2,1-2H3,(H2,24,25,26,27). The minimum absolute atomic E-state index is 0.260. The van der Waals surface area contributed by atoms with Gasteiger partial charge in [-0.2, -0.15) is 13.2 Å². The molecule has 2 aromatic carbocycles. The molecule has 0 saturated heterocycles. The van der Waals surface area contributed by atoms with E-state index in [4.69, 9.17) is 5.73 Å². The molecule has 0 atom stereocenters. The maximum atomic E-state index is 12.7. The van der Waals surface area contributed by atoms with E-state index >= 15 is 0 Å². The van der Waals surface area contributed by atoms with Crippen LogP contribution in [0.4, 0.5) is 41.9 Å². The first-order chi connectivity index (χ1) is 12.7. The van der Waals surface area contributed by atoms with E-state index in [1.165, 1.54) is 24.0 Å². The van der Waals surface area contributed by atoms with Crippen LogP contribution in [0.2, 0.25) is 0 Å². The number of nitrogens with two attached hydrogens (primary N) is 1. The Morgan fingerprint density at radius 3 is 1.93 bits per heavy atom. The fourth-order valence-corrected chi connectivity index (χ4v) is 2.43. The van der Waals surface area contributed by atoms with E-state index < -0.39 is 11.7 Å². The topological polar surface area (TPSA) is 75.9 Å². The number of nitrogens with one attached hydrogen (secondary N) is 2. The van der Waals surface area contributed by atoms with Crippen molar-refractivity contribution in [1.82, 2.24) is 9.97 Å². The number of nitrogen functional groups attached to an aromatic ring is 1. The van der Waals surface area contributed by atoms with Crippen molar-refractivity contribution in [2.75, 3.05) is 16.4 Å². The Labute approximate surface area is 154 Å². The van der Waals surface area contributed by atoms with Crippen LogP contribution < -0.4 is 16.4 Å². The molecule has 0 fully saturated rings. The molecule has 5 nitrogen and oxygen atoms in total. The Morgan fingerprint density at radius 2 is 1.37 bits per heavy atom. The smallest absolute Gasteiger partial charge is 0.393 e. The van der Waals surface area contributed by atoms with Crippen molar-refractivity contribution in [3.05, 3.63) is 65.5 Å². The summed E-state index contributed by atoms with van der Waals surface area (Å²) in [5.74, 6) is 0.707. The zero-order valence-corrected chi connectivity index (χ0v) is 14.7. The lowest BCUT2D eigenvalue weighted by molar-refractivity contribution is -0.137. The van der Waals surface area contributed by atoms with Crippen LogP contribution in [0.1, 0.15) is 16.7 Å². The number of benzene rings is 2. The summed E-state index contributed by atoms with van der Waals surface area (Å²) in [4.78, 5) is 8.21. The molecule has 0 spiro atoms. The molecular weight excluding hydrogens is 355 g/mol. The third-order valence-corrected chi connectivity index (χ3v) is 4.13. The average molecular weight is 373 g/mol. The third-order valence-electron chi connectivity index (χ3n) is 4.13. The Balaban J connectivity index is 1.81. The van der Waals surface area contributed by atoms with E-state index in [2.05, 4.69) is 20.6 Å². The molecule has 27 heavy (non-hydrogen) atoms. The van der Waals surface area contributed by atoms with Crippen molar-refractivity contribution in [3.8, 4) is 0 Å². The first kappa shape index (κ1) is 18.5. The van der Waals surface area contributed by atoms with Crippen LogP contribution in [-0.2, 0) is 6.18 Å². The number of halogens is 3. The molecule has 3 rings (SSSR count). The van der Waals surface area contributed by atoms with Gasteiger partial charge in [0.05, 0.1) is 5.56 Å². The summed E-state index contributed by atoms with van der Waals surface area (Å²) in [6, 6.07) is 10.5. The molecule has 140 valence electrons. The molecule has 0 saturated carbocycles. The minimum Gasteiger partial charge on any atom is -0.393 e. The van der Waals surface area contributed by atoms with Gasteiger partial charge in [-0.15, -0.1) is 0 Å². The predicted octanol–water partition coefficient (Wildman–Crippen LogP) is 5.18. The van der Waals surface area contributed by atoms with Crippen LogP contribution in [0.25, 0.3) is 0 Å². The summed E-state index contributed by atoms with van der Waals surface area (Å²) < 4.78 is 38.0. The largest absolute Gasteiger partial charge is 0.416 e. The fraction of sp³-hybridized carbons (Fsp3) is 0.158. The number of rotatable bonds is 4. The zero-order chi connectivity index (χ0) is 19.6. The second-order valence-electron chi connectivity index (χ2n) is 6.11. The van der Waals surface area contributed by atoms with E-state index in [-0.39, 0.29) is 5.69 Å². The summed E-state index contributed by atoms with van der Waals surface area (Å²) in [6.45, 7) is 4.02. The molecule has 0 radical (unpaired) electrons. The number of aromatic nitrogens is 2. The van der Waals surface area contributed by atoms with Crippen LogP contribution in [0, 0.1) is 13.8 Å². The summed E-state index contributed by atoms with van der Waals surface area (Å²) in [7, 11) is 0. The number of anilines is 5. The van der Waals surface area contributed by atoms with Crippen molar-refractivity contribution in [2.24, 2.45) is 0 Å². The first-order valence-corrected chi connectivity index (χ1v) is 8.13. The van der Waals surface area contributed by atoms with Gasteiger partial charge in [0.1, 0.15) is 12.0 Å². The molecular formula is C19H18F3N5. The van der Waals surface area contributed by atoms with Gasteiger partial charge in [0.2, 0.25) is 0 Å². The van der Waals surface area contributed by atoms with Crippen LogP contribution in [0.15, 0.2) is 48.8 Å². The highest BCUT2D eigenvalue weighted by Crippen LogP contribution is 2.32. The van der Waals surface area contributed by atoms with Crippen LogP contribution in [0.5, 0.6) is 0 Å². The quantitative estimate of drug-likeness (QED) is 0.587. The van der Waals surface area contributed by atoms with Crippen molar-refractivity contribution >= 4 is 28.7 Å². The van der Waals surface area contributed by atoms with Crippen LogP contribution >= 0.6 is 0 Å². The number of aryl methyl sites for hydroxylation is 2. The summed E-state index contributed by atoms with van der Waals surface area (Å²) in [5, 5.41) is 6.04. The van der Waals surface area contributed by atoms with Gasteiger partial charge in [0, 0.05) is 11.4 Å². The van der Waals surface area contributed by atoms with Gasteiger partial charge >= 0.3 is 6.18 Å². The molecule has 0 unspecified atom stereocenters. The second-order valence-corrected chi connectivity index (χ2v) is 6.11. The molecule has 8 heteroatoms. The zero-order valence-electron chi connectivity index (χ0n) is 14.7. The molecule has 3 aromatic rings. The average Bonchev–Trinajstić information content (AvgIpc) is 2.61. The number of nitrogens with zero attached hydrogens (tertiary/aromatic N) is 2. The highest BCUT2D eigenvalue weighted by molar-refractivity contribution is 5.80. The number of hydrogen-bond donors (Lipinski definition) is 3. The van der Waals surface area contributed by atoms with E-state index in [0.717, 1.165) is 23.4 Å². The Hall–Kier alpha value is -3.29. The molecule has 0 bridgehead atoms.